The van der Waals surface area contributed by atoms with Crippen LogP contribution in [0.2, 0.25) is 0 Å². The summed E-state index contributed by atoms with van der Waals surface area (Å²) in [6, 6.07) is 8.25. The highest BCUT2D eigenvalue weighted by Gasteiger charge is 2.44. The lowest BCUT2D eigenvalue weighted by Gasteiger charge is -2.49. The van der Waals surface area contributed by atoms with Gasteiger partial charge in [-0.3, -0.25) is 9.59 Å². The number of carbonyl (C=O) groups excluding carboxylic acids is 2. The van der Waals surface area contributed by atoms with Crippen molar-refractivity contribution >= 4 is 11.8 Å². The van der Waals surface area contributed by atoms with E-state index in [-0.39, 0.29) is 23.3 Å². The van der Waals surface area contributed by atoms with Crippen LogP contribution in [0.3, 0.4) is 0 Å². The van der Waals surface area contributed by atoms with Crippen molar-refractivity contribution < 1.29 is 9.59 Å². The number of rotatable bonds is 1. The second-order valence-corrected chi connectivity index (χ2v) is 7.26. The molecule has 1 spiro atoms. The van der Waals surface area contributed by atoms with Gasteiger partial charge in [0.15, 0.2) is 0 Å². The van der Waals surface area contributed by atoms with E-state index in [1.54, 1.807) is 0 Å². The van der Waals surface area contributed by atoms with Crippen LogP contribution in [0, 0.1) is 0 Å². The zero-order chi connectivity index (χ0) is 16.0. The molecule has 1 atom stereocenters. The van der Waals surface area contributed by atoms with Crippen molar-refractivity contribution in [3.63, 3.8) is 0 Å². The Morgan fingerprint density at radius 2 is 1.96 bits per heavy atom. The fourth-order valence-electron chi connectivity index (χ4n) is 4.25. The molecule has 2 amide bonds. The Morgan fingerprint density at radius 1 is 1.26 bits per heavy atom. The zero-order valence-electron chi connectivity index (χ0n) is 13.5. The molecule has 2 saturated heterocycles. The molecule has 5 nitrogen and oxygen atoms in total. The van der Waals surface area contributed by atoms with Gasteiger partial charge < -0.3 is 15.1 Å². The molecular formula is C18H23N3O2. The summed E-state index contributed by atoms with van der Waals surface area (Å²) in [7, 11) is 2.16. The van der Waals surface area contributed by atoms with E-state index in [0.717, 1.165) is 32.5 Å². The van der Waals surface area contributed by atoms with Crippen LogP contribution in [0.5, 0.6) is 0 Å². The van der Waals surface area contributed by atoms with E-state index in [1.807, 2.05) is 4.90 Å². The minimum Gasteiger partial charge on any atom is -0.344 e. The van der Waals surface area contributed by atoms with E-state index in [4.69, 9.17) is 0 Å². The highest BCUT2D eigenvalue weighted by Crippen LogP contribution is 2.41. The number of benzene rings is 1. The number of amides is 2. The summed E-state index contributed by atoms with van der Waals surface area (Å²) in [6.07, 6.45) is 2.51. The van der Waals surface area contributed by atoms with Crippen molar-refractivity contribution in [3.05, 3.63) is 35.4 Å². The van der Waals surface area contributed by atoms with Gasteiger partial charge in [0.05, 0.1) is 6.42 Å². The Labute approximate surface area is 136 Å². The Morgan fingerprint density at radius 3 is 2.65 bits per heavy atom. The molecule has 0 bridgehead atoms. The fourth-order valence-corrected chi connectivity index (χ4v) is 4.25. The first-order valence-electron chi connectivity index (χ1n) is 8.42. The van der Waals surface area contributed by atoms with Gasteiger partial charge in [-0.1, -0.05) is 24.3 Å². The molecule has 5 heteroatoms. The van der Waals surface area contributed by atoms with Gasteiger partial charge in [-0.05, 0) is 44.1 Å². The van der Waals surface area contributed by atoms with Crippen molar-refractivity contribution in [2.24, 2.45) is 0 Å². The maximum Gasteiger partial charge on any atom is 0.246 e. The van der Waals surface area contributed by atoms with E-state index >= 15 is 0 Å². The van der Waals surface area contributed by atoms with E-state index in [2.05, 4.69) is 41.5 Å². The van der Waals surface area contributed by atoms with Crippen LogP contribution in [0.25, 0.3) is 0 Å². The molecule has 1 N–H and O–H groups in total. The van der Waals surface area contributed by atoms with E-state index in [1.165, 1.54) is 11.1 Å². The first-order chi connectivity index (χ1) is 11.1. The molecule has 122 valence electrons. The molecule has 2 fully saturated rings. The van der Waals surface area contributed by atoms with Crippen LogP contribution in [0.1, 0.15) is 30.4 Å². The average molecular weight is 313 g/mol. The number of hydrogen-bond acceptors (Lipinski definition) is 3. The molecule has 0 aliphatic carbocycles. The number of nitrogens with one attached hydrogen (secondary N) is 1. The molecule has 1 aromatic rings. The zero-order valence-corrected chi connectivity index (χ0v) is 13.5. The van der Waals surface area contributed by atoms with Gasteiger partial charge in [-0.25, -0.2) is 0 Å². The van der Waals surface area contributed by atoms with Gasteiger partial charge in [0.1, 0.15) is 6.04 Å². The van der Waals surface area contributed by atoms with E-state index in [0.29, 0.717) is 13.0 Å². The third-order valence-electron chi connectivity index (χ3n) is 5.72. The van der Waals surface area contributed by atoms with Gasteiger partial charge in [-0.2, -0.15) is 0 Å². The van der Waals surface area contributed by atoms with Gasteiger partial charge >= 0.3 is 0 Å². The Hall–Kier alpha value is -1.88. The molecule has 3 aliphatic rings. The highest BCUT2D eigenvalue weighted by molar-refractivity contribution is 5.97. The lowest BCUT2D eigenvalue weighted by molar-refractivity contribution is -0.145. The van der Waals surface area contributed by atoms with Crippen LogP contribution in [0.4, 0.5) is 0 Å². The third kappa shape index (κ3) is 2.43. The summed E-state index contributed by atoms with van der Waals surface area (Å²) in [4.78, 5) is 28.2. The molecule has 23 heavy (non-hydrogen) atoms. The second kappa shape index (κ2) is 5.34. The lowest BCUT2D eigenvalue weighted by Crippen LogP contribution is -2.61. The Balaban J connectivity index is 1.63. The first kappa shape index (κ1) is 14.7. The molecule has 3 aliphatic heterocycles. The third-order valence-corrected chi connectivity index (χ3v) is 5.72. The van der Waals surface area contributed by atoms with Crippen LogP contribution in [0.15, 0.2) is 24.3 Å². The van der Waals surface area contributed by atoms with Crippen LogP contribution < -0.4 is 5.32 Å². The molecule has 1 aromatic carbocycles. The minimum absolute atomic E-state index is 0.0187. The van der Waals surface area contributed by atoms with Crippen molar-refractivity contribution in [3.8, 4) is 0 Å². The average Bonchev–Trinajstić information content (AvgIpc) is 2.54. The SMILES string of the molecule is CN1CCC2(CC1)CN(C(=O)[C@@H]1CC(=O)N1)Cc1ccccc12. The van der Waals surface area contributed by atoms with Crippen molar-refractivity contribution in [1.82, 2.24) is 15.1 Å². The number of fused-ring (bicyclic) bond motifs is 2. The Bertz CT molecular complexity index is 641. The summed E-state index contributed by atoms with van der Waals surface area (Å²) in [5.41, 5.74) is 2.77. The molecule has 0 unspecified atom stereocenters. The Kier molecular flexibility index (Phi) is 3.41. The van der Waals surface area contributed by atoms with Crippen molar-refractivity contribution in [1.29, 1.82) is 0 Å². The predicted octanol–water partition coefficient (Wildman–Crippen LogP) is 0.881. The van der Waals surface area contributed by atoms with Gasteiger partial charge in [-0.15, -0.1) is 0 Å². The first-order valence-corrected chi connectivity index (χ1v) is 8.42. The normalized spacial score (nSPS) is 26.4. The summed E-state index contributed by atoms with van der Waals surface area (Å²) in [5, 5.41) is 2.72. The molecular weight excluding hydrogens is 290 g/mol. The lowest BCUT2D eigenvalue weighted by atomic mass is 9.68. The number of piperidine rings is 1. The molecule has 3 heterocycles. The highest BCUT2D eigenvalue weighted by atomic mass is 16.2. The molecule has 0 saturated carbocycles. The van der Waals surface area contributed by atoms with Crippen LogP contribution >= 0.6 is 0 Å². The molecule has 0 radical (unpaired) electrons. The van der Waals surface area contributed by atoms with Gasteiger partial charge in [0.2, 0.25) is 11.8 Å². The standard InChI is InChI=1S/C18H23N3O2/c1-20-8-6-18(7-9-20)12-21(17(23)15-10-16(22)19-15)11-13-4-2-3-5-14(13)18/h2-5,15H,6-12H2,1H3,(H,19,22)/t15-/m0/s1. The topological polar surface area (TPSA) is 52.7 Å². The maximum absolute atomic E-state index is 12.7. The summed E-state index contributed by atoms with van der Waals surface area (Å²) in [6.45, 7) is 3.58. The quantitative estimate of drug-likeness (QED) is 0.783. The van der Waals surface area contributed by atoms with Crippen LogP contribution in [-0.2, 0) is 21.5 Å². The van der Waals surface area contributed by atoms with E-state index in [9.17, 15) is 9.59 Å². The largest absolute Gasteiger partial charge is 0.344 e. The number of nitrogens with zero attached hydrogens (tertiary/aromatic N) is 2. The molecule has 4 rings (SSSR count). The van der Waals surface area contributed by atoms with Gasteiger partial charge in [0.25, 0.3) is 0 Å². The predicted molar refractivity (Wildman–Crippen MR) is 86.8 cm³/mol. The van der Waals surface area contributed by atoms with E-state index < -0.39 is 0 Å². The summed E-state index contributed by atoms with van der Waals surface area (Å²) >= 11 is 0. The summed E-state index contributed by atoms with van der Waals surface area (Å²) in [5.74, 6) is 0.0622. The van der Waals surface area contributed by atoms with Crippen LogP contribution in [-0.4, -0.2) is 54.3 Å². The monoisotopic (exact) mass is 313 g/mol. The summed E-state index contributed by atoms with van der Waals surface area (Å²) < 4.78 is 0. The number of carbonyl (C=O) groups is 2. The number of likely N-dealkylation sites (tertiary alicyclic amines) is 1. The maximum atomic E-state index is 12.7. The molecule has 0 aromatic heterocycles. The second-order valence-electron chi connectivity index (χ2n) is 7.26. The minimum atomic E-state index is -0.309. The number of β-lactam (4-membered cyclic amide) rings is 1. The number of hydrogen-bond donors (Lipinski definition) is 1. The van der Waals surface area contributed by atoms with Crippen molar-refractivity contribution in [2.45, 2.75) is 37.3 Å². The van der Waals surface area contributed by atoms with Crippen molar-refractivity contribution in [2.75, 3.05) is 26.7 Å². The van der Waals surface area contributed by atoms with Gasteiger partial charge in [0, 0.05) is 18.5 Å². The fraction of sp³-hybridized carbons (Fsp3) is 0.556. The smallest absolute Gasteiger partial charge is 0.246 e.